The summed E-state index contributed by atoms with van der Waals surface area (Å²) in [5.41, 5.74) is 1.04. The van der Waals surface area contributed by atoms with Gasteiger partial charge in [-0.1, -0.05) is 0 Å². The molecule has 1 aromatic heterocycles. The Bertz CT molecular complexity index is 741. The number of hydrogen-bond donors (Lipinski definition) is 0. The Labute approximate surface area is 130 Å². The van der Waals surface area contributed by atoms with E-state index in [0.29, 0.717) is 15.8 Å². The zero-order chi connectivity index (χ0) is 15.7. The third-order valence-corrected chi connectivity index (χ3v) is 3.68. The predicted molar refractivity (Wildman–Crippen MR) is 82.7 cm³/mol. The standard InChI is InChI=1S/C15H16BrFN2O2/c1-8(2)21-14-6-13(12(17)5-11(14)16)19-15(20)10(4)9(3)7-18-19/h5-8H,1-4H3. The van der Waals surface area contributed by atoms with E-state index in [-0.39, 0.29) is 17.4 Å². The summed E-state index contributed by atoms with van der Waals surface area (Å²) in [6.45, 7) is 7.23. The fourth-order valence-electron chi connectivity index (χ4n) is 1.82. The van der Waals surface area contributed by atoms with Crippen molar-refractivity contribution in [3.63, 3.8) is 0 Å². The Morgan fingerprint density at radius 1 is 1.33 bits per heavy atom. The molecule has 0 radical (unpaired) electrons. The second-order valence-electron chi connectivity index (χ2n) is 5.07. The van der Waals surface area contributed by atoms with Crippen molar-refractivity contribution in [3.05, 3.63) is 50.1 Å². The minimum atomic E-state index is -0.546. The molecule has 112 valence electrons. The molecule has 0 saturated heterocycles. The van der Waals surface area contributed by atoms with E-state index in [2.05, 4.69) is 21.0 Å². The van der Waals surface area contributed by atoms with Gasteiger partial charge in [0.15, 0.2) is 0 Å². The van der Waals surface area contributed by atoms with Crippen LogP contribution in [0, 0.1) is 19.7 Å². The van der Waals surface area contributed by atoms with Crippen molar-refractivity contribution in [1.29, 1.82) is 0 Å². The Morgan fingerprint density at radius 2 is 2.00 bits per heavy atom. The van der Waals surface area contributed by atoms with Gasteiger partial charge in [-0.2, -0.15) is 9.78 Å². The van der Waals surface area contributed by atoms with E-state index >= 15 is 0 Å². The summed E-state index contributed by atoms with van der Waals surface area (Å²) in [7, 11) is 0. The summed E-state index contributed by atoms with van der Waals surface area (Å²) in [5, 5.41) is 4.01. The summed E-state index contributed by atoms with van der Waals surface area (Å²) >= 11 is 3.25. The molecule has 0 aliphatic rings. The Hall–Kier alpha value is -1.69. The number of aromatic nitrogens is 2. The molecule has 0 spiro atoms. The van der Waals surface area contributed by atoms with E-state index in [1.54, 1.807) is 20.0 Å². The second kappa shape index (κ2) is 5.97. The third kappa shape index (κ3) is 3.15. The summed E-state index contributed by atoms with van der Waals surface area (Å²) in [4.78, 5) is 12.2. The lowest BCUT2D eigenvalue weighted by Crippen LogP contribution is -2.25. The molecule has 0 unspecified atom stereocenters. The first-order chi connectivity index (χ1) is 9.81. The van der Waals surface area contributed by atoms with E-state index in [1.165, 1.54) is 12.1 Å². The van der Waals surface area contributed by atoms with Crippen LogP contribution in [0.4, 0.5) is 4.39 Å². The minimum absolute atomic E-state index is 0.0657. The Morgan fingerprint density at radius 3 is 2.62 bits per heavy atom. The van der Waals surface area contributed by atoms with E-state index in [1.807, 2.05) is 13.8 Å². The fraction of sp³-hybridized carbons (Fsp3) is 0.333. The molecule has 0 aliphatic heterocycles. The molecule has 2 rings (SSSR count). The number of nitrogens with zero attached hydrogens (tertiary/aromatic N) is 2. The number of aryl methyl sites for hydroxylation is 1. The van der Waals surface area contributed by atoms with Crippen molar-refractivity contribution < 1.29 is 9.13 Å². The Kier molecular flexibility index (Phi) is 4.46. The van der Waals surface area contributed by atoms with Crippen molar-refractivity contribution in [2.45, 2.75) is 33.8 Å². The summed E-state index contributed by atoms with van der Waals surface area (Å²) in [6, 6.07) is 2.75. The van der Waals surface area contributed by atoms with Crippen LogP contribution in [0.15, 0.2) is 27.6 Å². The van der Waals surface area contributed by atoms with Crippen LogP contribution in [0.2, 0.25) is 0 Å². The zero-order valence-electron chi connectivity index (χ0n) is 12.3. The highest BCUT2D eigenvalue weighted by atomic mass is 79.9. The maximum atomic E-state index is 14.2. The molecule has 0 bridgehead atoms. The molecule has 0 aliphatic carbocycles. The van der Waals surface area contributed by atoms with Crippen LogP contribution >= 0.6 is 15.9 Å². The van der Waals surface area contributed by atoms with Gasteiger partial charge in [-0.3, -0.25) is 4.79 Å². The zero-order valence-corrected chi connectivity index (χ0v) is 13.9. The molecule has 21 heavy (non-hydrogen) atoms. The Balaban J connectivity index is 2.64. The van der Waals surface area contributed by atoms with E-state index in [4.69, 9.17) is 4.74 Å². The highest BCUT2D eigenvalue weighted by molar-refractivity contribution is 9.10. The van der Waals surface area contributed by atoms with E-state index in [0.717, 1.165) is 10.2 Å². The quantitative estimate of drug-likeness (QED) is 0.846. The van der Waals surface area contributed by atoms with Gasteiger partial charge in [0, 0.05) is 11.6 Å². The number of halogens is 2. The number of rotatable bonds is 3. The summed E-state index contributed by atoms with van der Waals surface area (Å²) in [6.07, 6.45) is 1.48. The smallest absolute Gasteiger partial charge is 0.274 e. The van der Waals surface area contributed by atoms with Gasteiger partial charge in [0.05, 0.1) is 16.8 Å². The van der Waals surface area contributed by atoms with Crippen molar-refractivity contribution in [1.82, 2.24) is 9.78 Å². The van der Waals surface area contributed by atoms with Crippen molar-refractivity contribution in [2.24, 2.45) is 0 Å². The molecular weight excluding hydrogens is 339 g/mol. The van der Waals surface area contributed by atoms with Crippen molar-refractivity contribution >= 4 is 15.9 Å². The maximum Gasteiger partial charge on any atom is 0.274 e. The third-order valence-electron chi connectivity index (χ3n) is 3.06. The number of ether oxygens (including phenoxy) is 1. The maximum absolute atomic E-state index is 14.2. The van der Waals surface area contributed by atoms with Gasteiger partial charge in [-0.15, -0.1) is 0 Å². The van der Waals surface area contributed by atoms with Crippen LogP contribution in [0.5, 0.6) is 5.75 Å². The topological polar surface area (TPSA) is 44.1 Å². The van der Waals surface area contributed by atoms with Gasteiger partial charge >= 0.3 is 0 Å². The van der Waals surface area contributed by atoms with E-state index < -0.39 is 5.82 Å². The van der Waals surface area contributed by atoms with Crippen LogP contribution in [0.3, 0.4) is 0 Å². The molecule has 6 heteroatoms. The fourth-order valence-corrected chi connectivity index (χ4v) is 2.23. The molecular formula is C15H16BrFN2O2. The average Bonchev–Trinajstić information content (AvgIpc) is 2.40. The molecule has 2 aromatic rings. The molecule has 0 saturated carbocycles. The van der Waals surface area contributed by atoms with Crippen molar-refractivity contribution in [2.75, 3.05) is 0 Å². The number of benzene rings is 1. The monoisotopic (exact) mass is 354 g/mol. The molecule has 0 fully saturated rings. The highest BCUT2D eigenvalue weighted by Gasteiger charge is 2.15. The van der Waals surface area contributed by atoms with Gasteiger partial charge in [0.1, 0.15) is 17.3 Å². The first-order valence-electron chi connectivity index (χ1n) is 6.53. The lowest BCUT2D eigenvalue weighted by Gasteiger charge is -2.14. The second-order valence-corrected chi connectivity index (χ2v) is 5.92. The SMILES string of the molecule is Cc1cnn(-c2cc(OC(C)C)c(Br)cc2F)c(=O)c1C. The molecule has 1 heterocycles. The van der Waals surface area contributed by atoms with E-state index in [9.17, 15) is 9.18 Å². The average molecular weight is 355 g/mol. The highest BCUT2D eigenvalue weighted by Crippen LogP contribution is 2.30. The molecule has 0 amide bonds. The number of hydrogen-bond acceptors (Lipinski definition) is 3. The molecule has 0 N–H and O–H groups in total. The van der Waals surface area contributed by atoms with Gasteiger partial charge in [-0.25, -0.2) is 4.39 Å². The van der Waals surface area contributed by atoms with Crippen LogP contribution in [0.1, 0.15) is 25.0 Å². The van der Waals surface area contributed by atoms with Gasteiger partial charge < -0.3 is 4.74 Å². The van der Waals surface area contributed by atoms with Crippen molar-refractivity contribution in [3.8, 4) is 11.4 Å². The van der Waals surface area contributed by atoms with Gasteiger partial charge in [0.2, 0.25) is 0 Å². The van der Waals surface area contributed by atoms with Crippen LogP contribution < -0.4 is 10.3 Å². The largest absolute Gasteiger partial charge is 0.490 e. The lowest BCUT2D eigenvalue weighted by atomic mass is 10.2. The lowest BCUT2D eigenvalue weighted by molar-refractivity contribution is 0.240. The van der Waals surface area contributed by atoms with Crippen LogP contribution in [-0.4, -0.2) is 15.9 Å². The van der Waals surface area contributed by atoms with Gasteiger partial charge in [-0.05, 0) is 55.3 Å². The molecule has 4 nitrogen and oxygen atoms in total. The van der Waals surface area contributed by atoms with Gasteiger partial charge in [0.25, 0.3) is 5.56 Å². The predicted octanol–water partition coefficient (Wildman–Crippen LogP) is 3.54. The van der Waals surface area contributed by atoms with Crippen LogP contribution in [0.25, 0.3) is 5.69 Å². The first kappa shape index (κ1) is 15.7. The van der Waals surface area contributed by atoms with Crippen LogP contribution in [-0.2, 0) is 0 Å². The molecule has 1 aromatic carbocycles. The summed E-state index contributed by atoms with van der Waals surface area (Å²) in [5.74, 6) is -0.0795. The molecule has 0 atom stereocenters. The summed E-state index contributed by atoms with van der Waals surface area (Å²) < 4.78 is 21.3. The first-order valence-corrected chi connectivity index (χ1v) is 7.32. The normalized spacial score (nSPS) is 11.0. The minimum Gasteiger partial charge on any atom is -0.490 e.